The maximum atomic E-state index is 13.0. The molecule has 116 valence electrons. The third kappa shape index (κ3) is 4.12. The van der Waals surface area contributed by atoms with Crippen LogP contribution < -0.4 is 10.6 Å². The number of rotatable bonds is 4. The van der Waals surface area contributed by atoms with E-state index in [1.54, 1.807) is 0 Å². The van der Waals surface area contributed by atoms with Crippen molar-refractivity contribution in [2.45, 2.75) is 51.1 Å². The summed E-state index contributed by atoms with van der Waals surface area (Å²) in [6.45, 7) is 6.57. The van der Waals surface area contributed by atoms with Crippen molar-refractivity contribution in [1.82, 2.24) is 15.5 Å². The molecule has 1 amide bonds. The van der Waals surface area contributed by atoms with Crippen LogP contribution in [0.4, 0.5) is 8.78 Å². The number of hydrogen-bond donors (Lipinski definition) is 2. The molecule has 2 atom stereocenters. The minimum Gasteiger partial charge on any atom is -0.353 e. The van der Waals surface area contributed by atoms with Gasteiger partial charge in [0, 0.05) is 19.0 Å². The zero-order valence-corrected chi connectivity index (χ0v) is 12.3. The summed E-state index contributed by atoms with van der Waals surface area (Å²) in [4.78, 5) is 14.2. The highest BCUT2D eigenvalue weighted by Gasteiger charge is 2.42. The maximum absolute atomic E-state index is 13.0. The number of carbonyl (C=O) groups excluding carboxylic acids is 1. The van der Waals surface area contributed by atoms with Crippen molar-refractivity contribution in [1.29, 1.82) is 0 Å². The maximum Gasteiger partial charge on any atom is 0.262 e. The zero-order valence-electron chi connectivity index (χ0n) is 12.3. The van der Waals surface area contributed by atoms with Gasteiger partial charge in [-0.2, -0.15) is 0 Å². The lowest BCUT2D eigenvalue weighted by Crippen LogP contribution is -2.48. The molecular formula is C14H25F2N3O. The van der Waals surface area contributed by atoms with E-state index < -0.39 is 24.9 Å². The summed E-state index contributed by atoms with van der Waals surface area (Å²) in [6.07, 6.45) is 1.98. The summed E-state index contributed by atoms with van der Waals surface area (Å²) < 4.78 is 26.1. The smallest absolute Gasteiger partial charge is 0.262 e. The summed E-state index contributed by atoms with van der Waals surface area (Å²) in [5.41, 5.74) is 0. The summed E-state index contributed by atoms with van der Waals surface area (Å²) in [5, 5.41) is 5.37. The highest BCUT2D eigenvalue weighted by molar-refractivity contribution is 5.82. The van der Waals surface area contributed by atoms with Crippen LogP contribution in [0.25, 0.3) is 0 Å². The van der Waals surface area contributed by atoms with E-state index in [1.807, 2.05) is 0 Å². The summed E-state index contributed by atoms with van der Waals surface area (Å²) in [5.74, 6) is -2.28. The lowest BCUT2D eigenvalue weighted by molar-refractivity contribution is -0.123. The average Bonchev–Trinajstić information content (AvgIpc) is 2.77. The Bertz CT molecular complexity index is 343. The highest BCUT2D eigenvalue weighted by Crippen LogP contribution is 2.25. The molecule has 2 fully saturated rings. The third-order valence-corrected chi connectivity index (χ3v) is 4.44. The molecular weight excluding hydrogens is 264 g/mol. The number of piperidine rings is 1. The van der Waals surface area contributed by atoms with Crippen molar-refractivity contribution >= 4 is 5.91 Å². The van der Waals surface area contributed by atoms with Crippen LogP contribution in [0.1, 0.15) is 33.1 Å². The Morgan fingerprint density at radius 2 is 2.10 bits per heavy atom. The van der Waals surface area contributed by atoms with Crippen molar-refractivity contribution in [3.63, 3.8) is 0 Å². The van der Waals surface area contributed by atoms with Gasteiger partial charge in [0.2, 0.25) is 5.91 Å². The predicted molar refractivity (Wildman–Crippen MR) is 73.8 cm³/mol. The lowest BCUT2D eigenvalue weighted by Gasteiger charge is -2.35. The number of hydrogen-bond acceptors (Lipinski definition) is 3. The van der Waals surface area contributed by atoms with Gasteiger partial charge in [0.25, 0.3) is 5.92 Å². The van der Waals surface area contributed by atoms with Gasteiger partial charge in [0.05, 0.1) is 12.6 Å². The first-order valence-corrected chi connectivity index (χ1v) is 7.50. The molecule has 2 aliphatic rings. The number of alkyl halides is 2. The van der Waals surface area contributed by atoms with Gasteiger partial charge >= 0.3 is 0 Å². The van der Waals surface area contributed by atoms with Crippen molar-refractivity contribution in [3.8, 4) is 0 Å². The van der Waals surface area contributed by atoms with Crippen LogP contribution in [0.15, 0.2) is 0 Å². The molecule has 0 bridgehead atoms. The van der Waals surface area contributed by atoms with Crippen molar-refractivity contribution < 1.29 is 13.6 Å². The van der Waals surface area contributed by atoms with E-state index >= 15 is 0 Å². The van der Waals surface area contributed by atoms with Gasteiger partial charge in [-0.25, -0.2) is 8.78 Å². The molecule has 2 heterocycles. The van der Waals surface area contributed by atoms with Crippen LogP contribution in [0.3, 0.4) is 0 Å². The fourth-order valence-corrected chi connectivity index (χ4v) is 2.87. The monoisotopic (exact) mass is 289 g/mol. The molecule has 0 radical (unpaired) electrons. The second kappa shape index (κ2) is 6.35. The number of nitrogens with zero attached hydrogens (tertiary/aromatic N) is 1. The average molecular weight is 289 g/mol. The minimum absolute atomic E-state index is 0.258. The van der Waals surface area contributed by atoms with E-state index in [4.69, 9.17) is 0 Å². The Hall–Kier alpha value is -0.750. The van der Waals surface area contributed by atoms with Gasteiger partial charge in [-0.15, -0.1) is 0 Å². The van der Waals surface area contributed by atoms with Gasteiger partial charge in [-0.1, -0.05) is 6.92 Å². The molecule has 0 aromatic heterocycles. The largest absolute Gasteiger partial charge is 0.353 e. The van der Waals surface area contributed by atoms with Gasteiger partial charge < -0.3 is 5.32 Å². The number of halogens is 2. The quantitative estimate of drug-likeness (QED) is 0.818. The Morgan fingerprint density at radius 3 is 2.65 bits per heavy atom. The van der Waals surface area contributed by atoms with Crippen LogP contribution in [-0.4, -0.2) is 55.0 Å². The molecule has 2 saturated heterocycles. The molecule has 2 N–H and O–H groups in total. The molecule has 0 aromatic carbocycles. The topological polar surface area (TPSA) is 44.4 Å². The minimum atomic E-state index is -2.75. The molecule has 0 aliphatic carbocycles. The van der Waals surface area contributed by atoms with E-state index in [0.717, 1.165) is 19.0 Å². The number of amides is 1. The number of carbonyl (C=O) groups is 1. The van der Waals surface area contributed by atoms with Gasteiger partial charge in [0.15, 0.2) is 0 Å². The fraction of sp³-hybridized carbons (Fsp3) is 0.929. The number of nitrogens with one attached hydrogen (secondary N) is 2. The predicted octanol–water partition coefficient (Wildman–Crippen LogP) is 1.22. The molecule has 2 rings (SSSR count). The van der Waals surface area contributed by atoms with Crippen LogP contribution in [-0.2, 0) is 4.79 Å². The molecule has 4 nitrogen and oxygen atoms in total. The Labute approximate surface area is 119 Å². The summed E-state index contributed by atoms with van der Waals surface area (Å²) >= 11 is 0. The summed E-state index contributed by atoms with van der Waals surface area (Å²) in [6, 6.07) is -0.494. The van der Waals surface area contributed by atoms with Crippen molar-refractivity contribution in [3.05, 3.63) is 0 Å². The SMILES string of the molecule is CC1CCN(C(C)CNC(=O)C2CC(F)(F)CN2)CC1. The summed E-state index contributed by atoms with van der Waals surface area (Å²) in [7, 11) is 0. The molecule has 0 spiro atoms. The highest BCUT2D eigenvalue weighted by atomic mass is 19.3. The van der Waals surface area contributed by atoms with E-state index in [9.17, 15) is 13.6 Å². The molecule has 20 heavy (non-hydrogen) atoms. The second-order valence-electron chi connectivity index (χ2n) is 6.31. The van der Waals surface area contributed by atoms with Crippen LogP contribution in [0, 0.1) is 5.92 Å². The first-order chi connectivity index (χ1) is 9.37. The van der Waals surface area contributed by atoms with Crippen LogP contribution >= 0.6 is 0 Å². The standard InChI is InChI=1S/C14H25F2N3O/c1-10-3-5-19(6-4-10)11(2)8-17-13(20)12-7-14(15,16)9-18-12/h10-12,18H,3-9H2,1-2H3,(H,17,20). The van der Waals surface area contributed by atoms with Crippen molar-refractivity contribution in [2.24, 2.45) is 5.92 Å². The zero-order chi connectivity index (χ0) is 14.8. The molecule has 2 unspecified atom stereocenters. The Balaban J connectivity index is 1.70. The molecule has 0 aromatic rings. The van der Waals surface area contributed by atoms with E-state index in [-0.39, 0.29) is 11.9 Å². The van der Waals surface area contributed by atoms with E-state index in [2.05, 4.69) is 29.4 Å². The molecule has 0 saturated carbocycles. The van der Waals surface area contributed by atoms with Gasteiger partial charge in [-0.3, -0.25) is 15.0 Å². The van der Waals surface area contributed by atoms with Gasteiger partial charge in [-0.05, 0) is 38.8 Å². The lowest BCUT2D eigenvalue weighted by atomic mass is 9.98. The van der Waals surface area contributed by atoms with Crippen LogP contribution in [0.5, 0.6) is 0 Å². The fourth-order valence-electron chi connectivity index (χ4n) is 2.87. The normalized spacial score (nSPS) is 29.3. The Kier molecular flexibility index (Phi) is 4.96. The molecule has 2 aliphatic heterocycles. The van der Waals surface area contributed by atoms with Crippen LogP contribution in [0.2, 0.25) is 0 Å². The third-order valence-electron chi connectivity index (χ3n) is 4.44. The van der Waals surface area contributed by atoms with Crippen molar-refractivity contribution in [2.75, 3.05) is 26.2 Å². The van der Waals surface area contributed by atoms with E-state index in [0.29, 0.717) is 6.54 Å². The first kappa shape index (κ1) is 15.6. The second-order valence-corrected chi connectivity index (χ2v) is 6.31. The van der Waals surface area contributed by atoms with Gasteiger partial charge in [0.1, 0.15) is 0 Å². The molecule has 6 heteroatoms. The van der Waals surface area contributed by atoms with E-state index in [1.165, 1.54) is 12.8 Å². The Morgan fingerprint density at radius 1 is 1.45 bits per heavy atom. The first-order valence-electron chi connectivity index (χ1n) is 7.50. The number of likely N-dealkylation sites (tertiary alicyclic amines) is 1.